The topological polar surface area (TPSA) is 35.5 Å². The Morgan fingerprint density at radius 3 is 2.48 bits per heavy atom. The van der Waals surface area contributed by atoms with Crippen LogP contribution in [0.15, 0.2) is 18.2 Å². The molecule has 0 radical (unpaired) electrons. The summed E-state index contributed by atoms with van der Waals surface area (Å²) in [7, 11) is 0. The predicted octanol–water partition coefficient (Wildman–Crippen LogP) is 3.37. The second-order valence-electron chi connectivity index (χ2n) is 4.82. The van der Waals surface area contributed by atoms with Crippen molar-refractivity contribution in [3.8, 4) is 5.75 Å². The molecule has 0 unspecified atom stereocenters. The molecule has 2 rings (SSSR count). The second kappa shape index (κ2) is 7.54. The average molecular weight is 345 g/mol. The normalized spacial score (nSPS) is 18.1. The molecule has 0 spiro atoms. The number of piperazine rings is 1. The Hall–Kier alpha value is -0.690. The Kier molecular flexibility index (Phi) is 6.59. The first-order chi connectivity index (χ1) is 9.37. The minimum Gasteiger partial charge on any atom is -0.508 e. The molecule has 1 aliphatic heterocycles. The van der Waals surface area contributed by atoms with Gasteiger partial charge in [0.25, 0.3) is 0 Å². The van der Waals surface area contributed by atoms with Crippen LogP contribution in [-0.2, 0) is 0 Å². The molecule has 1 atom stereocenters. The number of aromatic hydroxyl groups is 1. The van der Waals surface area contributed by atoms with Crippen molar-refractivity contribution in [1.29, 1.82) is 0 Å². The van der Waals surface area contributed by atoms with E-state index in [1.54, 1.807) is 4.90 Å². The van der Waals surface area contributed by atoms with Crippen LogP contribution in [0, 0.1) is 0 Å². The first kappa shape index (κ1) is 18.4. The molecule has 1 heterocycles. The number of benzene rings is 1. The molecule has 21 heavy (non-hydrogen) atoms. The summed E-state index contributed by atoms with van der Waals surface area (Å²) in [6.45, 7) is 2.28. The molecule has 3 nitrogen and oxygen atoms in total. The van der Waals surface area contributed by atoms with Gasteiger partial charge in [0.1, 0.15) is 5.75 Å². The Bertz CT molecular complexity index is 465. The fourth-order valence-corrected chi connectivity index (χ4v) is 2.62. The van der Waals surface area contributed by atoms with Gasteiger partial charge in [-0.25, -0.2) is 0 Å². The number of rotatable bonds is 3. The molecule has 0 amide bonds. The van der Waals surface area contributed by atoms with Crippen molar-refractivity contribution in [2.75, 3.05) is 26.2 Å². The van der Waals surface area contributed by atoms with Gasteiger partial charge in [-0.2, -0.15) is 13.2 Å². The van der Waals surface area contributed by atoms with Crippen molar-refractivity contribution in [3.05, 3.63) is 28.8 Å². The standard InChI is InChI=1S/C13H16ClF3N2O.ClH/c14-9-1-2-12(20)10(7-9)11(8-13(15,16)17)19-5-3-18-4-6-19;/h1-2,7,11,18,20H,3-6,8H2;1H/t11-;/m0./s1. The number of halogens is 5. The maximum atomic E-state index is 12.8. The summed E-state index contributed by atoms with van der Waals surface area (Å²) in [5.41, 5.74) is 0.233. The minimum atomic E-state index is -4.30. The lowest BCUT2D eigenvalue weighted by atomic mass is 10.00. The summed E-state index contributed by atoms with van der Waals surface area (Å²) in [6, 6.07) is 3.30. The van der Waals surface area contributed by atoms with E-state index in [1.807, 2.05) is 0 Å². The van der Waals surface area contributed by atoms with Crippen molar-refractivity contribution >= 4 is 24.0 Å². The zero-order valence-electron chi connectivity index (χ0n) is 11.2. The van der Waals surface area contributed by atoms with E-state index in [4.69, 9.17) is 11.6 Å². The third-order valence-corrected chi connectivity index (χ3v) is 3.60. The van der Waals surface area contributed by atoms with E-state index in [0.29, 0.717) is 31.2 Å². The summed E-state index contributed by atoms with van der Waals surface area (Å²) >= 11 is 5.85. The van der Waals surface area contributed by atoms with Gasteiger partial charge < -0.3 is 10.4 Å². The van der Waals surface area contributed by atoms with Gasteiger partial charge in [-0.3, -0.25) is 4.90 Å². The molecule has 0 aromatic heterocycles. The van der Waals surface area contributed by atoms with Crippen LogP contribution in [0.25, 0.3) is 0 Å². The number of hydrogen-bond acceptors (Lipinski definition) is 3. The summed E-state index contributed by atoms with van der Waals surface area (Å²) < 4.78 is 38.5. The lowest BCUT2D eigenvalue weighted by molar-refractivity contribution is -0.148. The van der Waals surface area contributed by atoms with Crippen molar-refractivity contribution in [2.45, 2.75) is 18.6 Å². The number of hydrogen-bond donors (Lipinski definition) is 2. The molecule has 2 N–H and O–H groups in total. The van der Waals surface area contributed by atoms with Crippen LogP contribution in [0.1, 0.15) is 18.0 Å². The summed E-state index contributed by atoms with van der Waals surface area (Å²) in [4.78, 5) is 1.73. The van der Waals surface area contributed by atoms with Crippen LogP contribution in [0.2, 0.25) is 5.02 Å². The zero-order valence-corrected chi connectivity index (χ0v) is 12.7. The molecule has 1 fully saturated rings. The van der Waals surface area contributed by atoms with E-state index < -0.39 is 18.6 Å². The van der Waals surface area contributed by atoms with Gasteiger partial charge in [0.15, 0.2) is 0 Å². The van der Waals surface area contributed by atoms with Gasteiger partial charge in [-0.05, 0) is 18.2 Å². The van der Waals surface area contributed by atoms with Crippen LogP contribution in [0.5, 0.6) is 5.75 Å². The van der Waals surface area contributed by atoms with Gasteiger partial charge in [-0.15, -0.1) is 12.4 Å². The monoisotopic (exact) mass is 344 g/mol. The lowest BCUT2D eigenvalue weighted by Crippen LogP contribution is -2.46. The molecule has 0 aliphatic carbocycles. The third-order valence-electron chi connectivity index (χ3n) is 3.37. The highest BCUT2D eigenvalue weighted by atomic mass is 35.5. The van der Waals surface area contributed by atoms with Crippen LogP contribution in [0.3, 0.4) is 0 Å². The van der Waals surface area contributed by atoms with Crippen molar-refractivity contribution in [1.82, 2.24) is 10.2 Å². The van der Waals surface area contributed by atoms with Crippen molar-refractivity contribution in [3.63, 3.8) is 0 Å². The zero-order chi connectivity index (χ0) is 14.8. The van der Waals surface area contributed by atoms with Crippen LogP contribution < -0.4 is 5.32 Å². The number of phenolic OH excluding ortho intramolecular Hbond substituents is 1. The van der Waals surface area contributed by atoms with Crippen LogP contribution in [0.4, 0.5) is 13.2 Å². The van der Waals surface area contributed by atoms with E-state index in [2.05, 4.69) is 5.32 Å². The molecular formula is C13H17Cl2F3N2O. The number of phenols is 1. The molecule has 0 saturated carbocycles. The number of alkyl halides is 3. The molecule has 1 saturated heterocycles. The summed E-state index contributed by atoms with van der Waals surface area (Å²) in [5, 5.41) is 13.3. The van der Waals surface area contributed by atoms with Crippen molar-refractivity contribution < 1.29 is 18.3 Å². The predicted molar refractivity (Wildman–Crippen MR) is 78.2 cm³/mol. The maximum Gasteiger partial charge on any atom is 0.390 e. The molecule has 120 valence electrons. The SMILES string of the molecule is Cl.Oc1ccc(Cl)cc1[C@H](CC(F)(F)F)N1CCNCC1. The van der Waals surface area contributed by atoms with E-state index in [0.717, 1.165) is 0 Å². The first-order valence-electron chi connectivity index (χ1n) is 6.37. The van der Waals surface area contributed by atoms with Crippen LogP contribution in [-0.4, -0.2) is 42.4 Å². The Labute approximate surface area is 132 Å². The molecule has 1 aromatic carbocycles. The van der Waals surface area contributed by atoms with Crippen molar-refractivity contribution in [2.24, 2.45) is 0 Å². The van der Waals surface area contributed by atoms with Gasteiger partial charge in [0, 0.05) is 42.8 Å². The largest absolute Gasteiger partial charge is 0.508 e. The first-order valence-corrected chi connectivity index (χ1v) is 6.74. The van der Waals surface area contributed by atoms with E-state index in [1.165, 1.54) is 18.2 Å². The van der Waals surface area contributed by atoms with Gasteiger partial charge in [0.05, 0.1) is 6.42 Å². The average Bonchev–Trinajstić information content (AvgIpc) is 2.39. The minimum absolute atomic E-state index is 0. The quantitative estimate of drug-likeness (QED) is 0.882. The highest BCUT2D eigenvalue weighted by molar-refractivity contribution is 6.30. The molecule has 8 heteroatoms. The molecule has 0 bridgehead atoms. The van der Waals surface area contributed by atoms with E-state index >= 15 is 0 Å². The molecule has 1 aliphatic rings. The Morgan fingerprint density at radius 2 is 1.90 bits per heavy atom. The number of nitrogens with zero attached hydrogens (tertiary/aromatic N) is 1. The van der Waals surface area contributed by atoms with E-state index in [9.17, 15) is 18.3 Å². The Morgan fingerprint density at radius 1 is 1.29 bits per heavy atom. The summed E-state index contributed by atoms with van der Waals surface area (Å²) in [6.07, 6.45) is -5.30. The smallest absolute Gasteiger partial charge is 0.390 e. The van der Waals surface area contributed by atoms with Gasteiger partial charge >= 0.3 is 6.18 Å². The fraction of sp³-hybridized carbons (Fsp3) is 0.538. The van der Waals surface area contributed by atoms with Crippen LogP contribution >= 0.6 is 24.0 Å². The molecular weight excluding hydrogens is 328 g/mol. The third kappa shape index (κ3) is 5.21. The second-order valence-corrected chi connectivity index (χ2v) is 5.26. The fourth-order valence-electron chi connectivity index (χ4n) is 2.44. The highest BCUT2D eigenvalue weighted by Crippen LogP contribution is 2.38. The molecule has 1 aromatic rings. The Balaban J connectivity index is 0.00000220. The number of nitrogens with one attached hydrogen (secondary N) is 1. The van der Waals surface area contributed by atoms with Gasteiger partial charge in [0.2, 0.25) is 0 Å². The van der Waals surface area contributed by atoms with E-state index in [-0.39, 0.29) is 23.7 Å². The summed E-state index contributed by atoms with van der Waals surface area (Å²) in [5.74, 6) is -0.151. The highest BCUT2D eigenvalue weighted by Gasteiger charge is 2.37. The lowest BCUT2D eigenvalue weighted by Gasteiger charge is -2.36. The maximum absolute atomic E-state index is 12.8. The van der Waals surface area contributed by atoms with Gasteiger partial charge in [-0.1, -0.05) is 11.6 Å².